The second-order valence-electron chi connectivity index (χ2n) is 44.1. The van der Waals surface area contributed by atoms with E-state index in [2.05, 4.69) is 13.8 Å². The van der Waals surface area contributed by atoms with Gasteiger partial charge in [0.25, 0.3) is 0 Å². The minimum Gasteiger partial charge on any atom is -0.481 e. The lowest BCUT2D eigenvalue weighted by Gasteiger charge is -2.20. The van der Waals surface area contributed by atoms with Gasteiger partial charge in [-0.05, 0) is 232 Å². The summed E-state index contributed by atoms with van der Waals surface area (Å²) in [5.41, 5.74) is -1.18. The number of carbonyl (C=O) groups is 10. The SMILES string of the molecule is CCC(C)(C)C(=O)O.CCC(C)(C)C(=O)O.CCC(C)(C)C(=O)O.CCC(C)(C)C(=O)OCCO.CCC(C)(C)C(=O)OCCO.CCC(C)(C)C(=O)OCc1ccccc1.CCC(C)(C)C(=O)OCc1ccccc1.CCC(C)(C)C(=O)OCc1ccccc1.CCCCCCCCCCCCCCCCCCOC(=O)C(C)(C)CC.CCCCCCCCCCCCCCCCCCOC(=O)C(C)(C)CC. The molecule has 0 amide bonds. The smallest absolute Gasteiger partial charge is 0.311 e. The van der Waals surface area contributed by atoms with Crippen molar-refractivity contribution in [2.24, 2.45) is 54.1 Å². The maximum Gasteiger partial charge on any atom is 0.311 e. The molecule has 0 aliphatic carbocycles. The van der Waals surface area contributed by atoms with Gasteiger partial charge in [-0.25, -0.2) is 0 Å². The van der Waals surface area contributed by atoms with Gasteiger partial charge in [-0.3, -0.25) is 47.9 Å². The number of hydrogen-bond donors (Lipinski definition) is 5. The predicted molar refractivity (Wildman–Crippen MR) is 589 cm³/mol. The first-order valence-electron chi connectivity index (χ1n) is 55.1. The van der Waals surface area contributed by atoms with E-state index in [0.717, 1.165) is 74.5 Å². The molecule has 0 bridgehead atoms. The molecule has 0 saturated heterocycles. The highest BCUT2D eigenvalue weighted by Crippen LogP contribution is 2.30. The number of carboxylic acids is 3. The Morgan fingerprint density at radius 2 is 0.322 bits per heavy atom. The fourth-order valence-corrected chi connectivity index (χ4v) is 10.9. The highest BCUT2D eigenvalue weighted by atomic mass is 16.6. The Hall–Kier alpha value is -7.72. The predicted octanol–water partition coefficient (Wildman–Crippen LogP) is 32.4. The Kier molecular flexibility index (Phi) is 91.6. The van der Waals surface area contributed by atoms with Crippen LogP contribution in [0.3, 0.4) is 0 Å². The van der Waals surface area contributed by atoms with Crippen molar-refractivity contribution in [1.29, 1.82) is 0 Å². The van der Waals surface area contributed by atoms with Crippen LogP contribution in [-0.2, 0) is 101 Å². The molecule has 0 heterocycles. The van der Waals surface area contributed by atoms with Gasteiger partial charge < -0.3 is 58.7 Å². The third-order valence-corrected chi connectivity index (χ3v) is 27.2. The molecule has 834 valence electrons. The molecule has 0 unspecified atom stereocenters. The van der Waals surface area contributed by atoms with Crippen molar-refractivity contribution in [3.63, 3.8) is 0 Å². The maximum absolute atomic E-state index is 11.8. The van der Waals surface area contributed by atoms with Crippen LogP contribution in [0.25, 0.3) is 0 Å². The summed E-state index contributed by atoms with van der Waals surface area (Å²) in [7, 11) is 0. The number of aliphatic hydroxyl groups is 2. The summed E-state index contributed by atoms with van der Waals surface area (Å²) >= 11 is 0. The van der Waals surface area contributed by atoms with Crippen molar-refractivity contribution in [3.05, 3.63) is 108 Å². The third-order valence-electron chi connectivity index (χ3n) is 27.2. The van der Waals surface area contributed by atoms with Gasteiger partial charge in [0.2, 0.25) is 0 Å². The first-order valence-corrected chi connectivity index (χ1v) is 55.1. The molecule has 3 aromatic carbocycles. The van der Waals surface area contributed by atoms with Crippen LogP contribution in [0.15, 0.2) is 91.0 Å². The van der Waals surface area contributed by atoms with E-state index in [9.17, 15) is 47.9 Å². The van der Waals surface area contributed by atoms with Crippen LogP contribution in [0, 0.1) is 54.1 Å². The van der Waals surface area contributed by atoms with Crippen molar-refractivity contribution in [1.82, 2.24) is 0 Å². The van der Waals surface area contributed by atoms with Crippen LogP contribution in [-0.4, -0.2) is 125 Å². The lowest BCUT2D eigenvalue weighted by atomic mass is 9.91. The Morgan fingerprint density at radius 1 is 0.189 bits per heavy atom. The van der Waals surface area contributed by atoms with Crippen molar-refractivity contribution in [2.75, 3.05) is 39.6 Å². The molecule has 5 N–H and O–H groups in total. The number of benzene rings is 3. The molecular weight excluding hydrogens is 1810 g/mol. The summed E-state index contributed by atoms with van der Waals surface area (Å²) in [5, 5.41) is 42.1. The van der Waals surface area contributed by atoms with E-state index in [1.54, 1.807) is 41.5 Å². The molecule has 3 aromatic rings. The number of aliphatic hydroxyl groups excluding tert-OH is 2. The Labute approximate surface area is 874 Å². The second kappa shape index (κ2) is 88.4. The number of carbonyl (C=O) groups excluding carboxylic acids is 7. The number of hydrogen-bond acceptors (Lipinski definition) is 19. The van der Waals surface area contributed by atoms with Gasteiger partial charge in [0.1, 0.15) is 33.0 Å². The lowest BCUT2D eigenvalue weighted by molar-refractivity contribution is -0.156. The minimum absolute atomic E-state index is 0.0408. The first kappa shape index (κ1) is 148. The summed E-state index contributed by atoms with van der Waals surface area (Å²) in [5.74, 6) is -3.12. The van der Waals surface area contributed by atoms with Gasteiger partial charge in [-0.1, -0.05) is 367 Å². The number of rotatable bonds is 64. The van der Waals surface area contributed by atoms with Gasteiger partial charge >= 0.3 is 59.7 Å². The van der Waals surface area contributed by atoms with Crippen LogP contribution < -0.4 is 0 Å². The average Bonchev–Trinajstić information content (AvgIpc) is 0.887. The summed E-state index contributed by atoms with van der Waals surface area (Å²) in [4.78, 5) is 112. The van der Waals surface area contributed by atoms with E-state index in [1.807, 2.05) is 257 Å². The number of ether oxygens (including phenoxy) is 7. The Balaban J connectivity index is -0.000000295. The molecule has 0 atom stereocenters. The van der Waals surface area contributed by atoms with Crippen LogP contribution in [0.4, 0.5) is 0 Å². The minimum atomic E-state index is -0.722. The zero-order chi connectivity index (χ0) is 111. The highest BCUT2D eigenvalue weighted by Gasteiger charge is 2.33. The van der Waals surface area contributed by atoms with Crippen molar-refractivity contribution in [2.45, 2.75) is 511 Å². The van der Waals surface area contributed by atoms with E-state index >= 15 is 0 Å². The lowest BCUT2D eigenvalue weighted by Crippen LogP contribution is -2.26. The van der Waals surface area contributed by atoms with E-state index in [0.29, 0.717) is 52.3 Å². The van der Waals surface area contributed by atoms with Crippen LogP contribution in [0.1, 0.15) is 508 Å². The Morgan fingerprint density at radius 3 is 0.448 bits per heavy atom. The number of aliphatic carboxylic acids is 3. The van der Waals surface area contributed by atoms with Crippen LogP contribution >= 0.6 is 0 Å². The molecule has 22 nitrogen and oxygen atoms in total. The van der Waals surface area contributed by atoms with Crippen LogP contribution in [0.5, 0.6) is 0 Å². The Bertz CT molecular complexity index is 3290. The van der Waals surface area contributed by atoms with Gasteiger partial charge in [0.05, 0.1) is 80.6 Å². The molecular formula is C121H218O22. The zero-order valence-electron chi connectivity index (χ0n) is 97.4. The zero-order valence-corrected chi connectivity index (χ0v) is 97.4. The molecule has 0 radical (unpaired) electrons. The molecule has 0 aromatic heterocycles. The van der Waals surface area contributed by atoms with E-state index in [4.69, 9.17) is 58.7 Å². The van der Waals surface area contributed by atoms with Crippen molar-refractivity contribution < 1.29 is 107 Å². The van der Waals surface area contributed by atoms with Crippen molar-refractivity contribution in [3.8, 4) is 0 Å². The van der Waals surface area contributed by atoms with Gasteiger partial charge in [0, 0.05) is 0 Å². The monoisotopic (exact) mass is 2020 g/mol. The molecule has 22 heteroatoms. The molecule has 0 aliphatic rings. The molecule has 0 aliphatic heterocycles. The fraction of sp³-hybridized carbons (Fsp3) is 0.769. The molecule has 0 fully saturated rings. The highest BCUT2D eigenvalue weighted by molar-refractivity contribution is 5.79. The summed E-state index contributed by atoms with van der Waals surface area (Å²) in [6.45, 7) is 63.2. The van der Waals surface area contributed by atoms with Gasteiger partial charge in [-0.2, -0.15) is 0 Å². The average molecular weight is 2030 g/mol. The fourth-order valence-electron chi connectivity index (χ4n) is 10.9. The normalized spacial score (nSPS) is 11.4. The van der Waals surface area contributed by atoms with E-state index in [-0.39, 0.29) is 95.3 Å². The van der Waals surface area contributed by atoms with Crippen LogP contribution in [0.2, 0.25) is 0 Å². The number of esters is 7. The standard InChI is InChI=1S/2C24H48O2.3C13H18O2.2C8H16O3.3C6H12O2/c2*1-5-7-8-9-10-11-12-13-14-15-16-17-18-19-20-21-22-26-23(25)24(3,4)6-2;3*1-4-13(2,3)12(14)15-10-11-8-6-5-7-9-11;2*1-4-8(2,3)7(10)11-6-5-9;3*1-4-6(2,3)5(7)8/h2*5-22H2,1-4H3;3*5-9H,4,10H2,1-3H3;2*9H,4-6H2,1-3H3;3*4H2,1-3H3,(H,7,8). The summed E-state index contributed by atoms with van der Waals surface area (Å²) < 4.78 is 36.0. The maximum atomic E-state index is 11.8. The third kappa shape index (κ3) is 84.0. The largest absolute Gasteiger partial charge is 0.481 e. The van der Waals surface area contributed by atoms with E-state index < -0.39 is 45.0 Å². The topological polar surface area (TPSA) is 336 Å². The number of unbranched alkanes of at least 4 members (excludes halogenated alkanes) is 30. The van der Waals surface area contributed by atoms with Gasteiger partial charge in [-0.15, -0.1) is 0 Å². The number of carboxylic acid groups (broad SMARTS) is 3. The second-order valence-corrected chi connectivity index (χ2v) is 44.1. The van der Waals surface area contributed by atoms with Gasteiger partial charge in [0.15, 0.2) is 0 Å². The summed E-state index contributed by atoms with van der Waals surface area (Å²) in [6, 6.07) is 29.2. The quantitative estimate of drug-likeness (QED) is 0.0199. The molecule has 0 spiro atoms. The first-order chi connectivity index (χ1) is 66.9. The molecule has 3 rings (SSSR count). The molecule has 143 heavy (non-hydrogen) atoms. The molecule has 0 saturated carbocycles. The van der Waals surface area contributed by atoms with E-state index in [1.165, 1.54) is 193 Å². The summed E-state index contributed by atoms with van der Waals surface area (Å²) in [6.07, 6.45) is 51.4. The van der Waals surface area contributed by atoms with Crippen molar-refractivity contribution >= 4 is 59.7 Å².